The lowest BCUT2D eigenvalue weighted by atomic mass is 10.1. The van der Waals surface area contributed by atoms with Gasteiger partial charge < -0.3 is 10.6 Å². The van der Waals surface area contributed by atoms with Crippen LogP contribution in [0.25, 0.3) is 10.9 Å². The minimum Gasteiger partial charge on any atom is -0.349 e. The van der Waals surface area contributed by atoms with Gasteiger partial charge in [-0.1, -0.05) is 49.0 Å². The molecule has 1 heterocycles. The zero-order valence-corrected chi connectivity index (χ0v) is 18.0. The second-order valence-electron chi connectivity index (χ2n) is 7.57. The first-order chi connectivity index (χ1) is 14.5. The maximum absolute atomic E-state index is 12.7. The highest BCUT2D eigenvalue weighted by Gasteiger charge is 2.25. The van der Waals surface area contributed by atoms with E-state index in [1.165, 1.54) is 17.3 Å². The van der Waals surface area contributed by atoms with Crippen LogP contribution in [0.3, 0.4) is 0 Å². The lowest BCUT2D eigenvalue weighted by Gasteiger charge is -2.14. The summed E-state index contributed by atoms with van der Waals surface area (Å²) in [5, 5.41) is 7.14. The molecule has 2 amide bonds. The van der Waals surface area contributed by atoms with Crippen molar-refractivity contribution < 1.29 is 9.59 Å². The highest BCUT2D eigenvalue weighted by molar-refractivity contribution is 8.00. The Morgan fingerprint density at radius 1 is 1.13 bits per heavy atom. The number of benzene rings is 2. The van der Waals surface area contributed by atoms with Crippen molar-refractivity contribution in [3.05, 3.63) is 65.7 Å². The lowest BCUT2D eigenvalue weighted by Crippen LogP contribution is -2.26. The fraction of sp³-hybridized carbons (Fsp3) is 0.292. The van der Waals surface area contributed by atoms with Crippen molar-refractivity contribution in [3.63, 3.8) is 0 Å². The van der Waals surface area contributed by atoms with Gasteiger partial charge in [0.2, 0.25) is 5.91 Å². The Kier molecular flexibility index (Phi) is 6.04. The molecule has 0 radical (unpaired) electrons. The predicted octanol–water partition coefficient (Wildman–Crippen LogP) is 4.81. The van der Waals surface area contributed by atoms with Crippen molar-refractivity contribution in [1.82, 2.24) is 10.3 Å². The molecule has 0 bridgehead atoms. The number of hydrogen-bond acceptors (Lipinski definition) is 4. The molecule has 30 heavy (non-hydrogen) atoms. The van der Waals surface area contributed by atoms with Gasteiger partial charge in [-0.05, 0) is 56.0 Å². The number of para-hydroxylation sites is 1. The van der Waals surface area contributed by atoms with E-state index in [-0.39, 0.29) is 23.1 Å². The molecule has 1 aromatic heterocycles. The van der Waals surface area contributed by atoms with E-state index in [0.29, 0.717) is 10.6 Å². The van der Waals surface area contributed by atoms with Crippen molar-refractivity contribution in [2.24, 2.45) is 0 Å². The van der Waals surface area contributed by atoms with Crippen molar-refractivity contribution in [2.45, 2.75) is 49.4 Å². The molecule has 5 nitrogen and oxygen atoms in total. The number of aromatic nitrogens is 1. The number of aryl methyl sites for hydroxylation is 1. The molecule has 1 aliphatic rings. The van der Waals surface area contributed by atoms with E-state index in [1.54, 1.807) is 6.07 Å². The van der Waals surface area contributed by atoms with Gasteiger partial charge in [-0.3, -0.25) is 9.59 Å². The third kappa shape index (κ3) is 4.82. The van der Waals surface area contributed by atoms with Crippen LogP contribution in [-0.4, -0.2) is 28.1 Å². The zero-order valence-electron chi connectivity index (χ0n) is 17.1. The van der Waals surface area contributed by atoms with E-state index >= 15 is 0 Å². The summed E-state index contributed by atoms with van der Waals surface area (Å²) >= 11 is 1.36. The molecule has 2 aromatic carbocycles. The SMILES string of the molecule is CCc1ccc(NC(=O)C(C)Sc2cc(C(=O)NC3CC3)c3ccccc3n2)cc1. The monoisotopic (exact) mass is 419 g/mol. The number of carbonyl (C=O) groups is 2. The highest BCUT2D eigenvalue weighted by Crippen LogP contribution is 2.28. The van der Waals surface area contributed by atoms with Crippen LogP contribution in [0.4, 0.5) is 5.69 Å². The molecule has 0 aliphatic heterocycles. The Morgan fingerprint density at radius 3 is 2.57 bits per heavy atom. The van der Waals surface area contributed by atoms with Crippen LogP contribution < -0.4 is 10.6 Å². The van der Waals surface area contributed by atoms with E-state index < -0.39 is 0 Å². The summed E-state index contributed by atoms with van der Waals surface area (Å²) in [4.78, 5) is 30.1. The normalized spacial score (nSPS) is 14.3. The third-order valence-corrected chi connectivity index (χ3v) is 6.16. The summed E-state index contributed by atoms with van der Waals surface area (Å²) in [7, 11) is 0. The predicted molar refractivity (Wildman–Crippen MR) is 122 cm³/mol. The molecule has 2 N–H and O–H groups in total. The maximum Gasteiger partial charge on any atom is 0.252 e. The topological polar surface area (TPSA) is 71.1 Å². The standard InChI is InChI=1S/C24H25N3O2S/c1-3-16-8-10-17(11-9-16)25-23(28)15(2)30-22-14-20(24(29)26-18-12-13-18)19-6-4-5-7-21(19)27-22/h4-11,14-15,18H,3,12-13H2,1-2H3,(H,25,28)(H,26,29). The Morgan fingerprint density at radius 2 is 1.87 bits per heavy atom. The smallest absolute Gasteiger partial charge is 0.252 e. The van der Waals surface area contributed by atoms with E-state index in [9.17, 15) is 9.59 Å². The Bertz CT molecular complexity index is 1080. The molecular formula is C24H25N3O2S. The van der Waals surface area contributed by atoms with Gasteiger partial charge >= 0.3 is 0 Å². The third-order valence-electron chi connectivity index (χ3n) is 5.15. The van der Waals surface area contributed by atoms with Gasteiger partial charge in [0.05, 0.1) is 21.4 Å². The summed E-state index contributed by atoms with van der Waals surface area (Å²) in [6.07, 6.45) is 3.03. The van der Waals surface area contributed by atoms with Gasteiger partial charge in [0, 0.05) is 17.1 Å². The second-order valence-corrected chi connectivity index (χ2v) is 8.93. The van der Waals surface area contributed by atoms with Gasteiger partial charge in [-0.25, -0.2) is 4.98 Å². The lowest BCUT2D eigenvalue weighted by molar-refractivity contribution is -0.115. The minimum atomic E-state index is -0.358. The molecule has 6 heteroatoms. The Hall–Kier alpha value is -2.86. The van der Waals surface area contributed by atoms with Gasteiger partial charge in [0.25, 0.3) is 5.91 Å². The maximum atomic E-state index is 12.7. The number of rotatable bonds is 7. The first kappa shape index (κ1) is 20.4. The molecule has 0 saturated heterocycles. The molecule has 1 aliphatic carbocycles. The largest absolute Gasteiger partial charge is 0.349 e. The molecule has 4 rings (SSSR count). The van der Waals surface area contributed by atoms with Gasteiger partial charge in [0.15, 0.2) is 0 Å². The number of hydrogen-bond donors (Lipinski definition) is 2. The molecule has 3 aromatic rings. The number of nitrogens with one attached hydrogen (secondary N) is 2. The second kappa shape index (κ2) is 8.88. The Balaban J connectivity index is 1.51. The molecule has 1 saturated carbocycles. The van der Waals surface area contributed by atoms with Crippen LogP contribution in [0.15, 0.2) is 59.6 Å². The molecule has 0 spiro atoms. The van der Waals surface area contributed by atoms with Crippen LogP contribution in [-0.2, 0) is 11.2 Å². The fourth-order valence-corrected chi connectivity index (χ4v) is 4.06. The Labute approximate surface area is 180 Å². The average molecular weight is 420 g/mol. The number of anilines is 1. The highest BCUT2D eigenvalue weighted by atomic mass is 32.2. The summed E-state index contributed by atoms with van der Waals surface area (Å²) < 4.78 is 0. The van der Waals surface area contributed by atoms with Gasteiger partial charge in [-0.15, -0.1) is 0 Å². The van der Waals surface area contributed by atoms with E-state index in [0.717, 1.165) is 35.9 Å². The summed E-state index contributed by atoms with van der Waals surface area (Å²) in [6, 6.07) is 17.6. The molecule has 1 fully saturated rings. The van der Waals surface area contributed by atoms with Crippen molar-refractivity contribution in [2.75, 3.05) is 5.32 Å². The average Bonchev–Trinajstić information content (AvgIpc) is 3.57. The minimum absolute atomic E-state index is 0.0777. The van der Waals surface area contributed by atoms with Gasteiger partial charge in [-0.2, -0.15) is 0 Å². The van der Waals surface area contributed by atoms with Crippen LogP contribution in [0.2, 0.25) is 0 Å². The quantitative estimate of drug-likeness (QED) is 0.539. The molecular weight excluding hydrogens is 394 g/mol. The van der Waals surface area contributed by atoms with Gasteiger partial charge in [0.1, 0.15) is 0 Å². The summed E-state index contributed by atoms with van der Waals surface area (Å²) in [5.74, 6) is -0.172. The van der Waals surface area contributed by atoms with Crippen LogP contribution in [0.1, 0.15) is 42.6 Å². The van der Waals surface area contributed by atoms with Crippen molar-refractivity contribution in [1.29, 1.82) is 0 Å². The molecule has 1 atom stereocenters. The van der Waals surface area contributed by atoms with E-state index in [2.05, 4.69) is 22.5 Å². The van der Waals surface area contributed by atoms with Crippen molar-refractivity contribution >= 4 is 40.2 Å². The number of nitrogens with zero attached hydrogens (tertiary/aromatic N) is 1. The fourth-order valence-electron chi connectivity index (χ4n) is 3.19. The number of carbonyl (C=O) groups excluding carboxylic acids is 2. The number of amides is 2. The molecule has 154 valence electrons. The van der Waals surface area contributed by atoms with Crippen molar-refractivity contribution in [3.8, 4) is 0 Å². The number of thioether (sulfide) groups is 1. The van der Waals surface area contributed by atoms with E-state index in [4.69, 9.17) is 0 Å². The van der Waals surface area contributed by atoms with Crippen LogP contribution in [0.5, 0.6) is 0 Å². The zero-order chi connectivity index (χ0) is 21.1. The first-order valence-electron chi connectivity index (χ1n) is 10.3. The van der Waals surface area contributed by atoms with E-state index in [1.807, 2.05) is 55.5 Å². The number of pyridine rings is 1. The number of fused-ring (bicyclic) bond motifs is 1. The van der Waals surface area contributed by atoms with Crippen LogP contribution >= 0.6 is 11.8 Å². The first-order valence-corrected chi connectivity index (χ1v) is 11.2. The molecule has 1 unspecified atom stereocenters. The summed E-state index contributed by atoms with van der Waals surface area (Å²) in [6.45, 7) is 3.95. The van der Waals surface area contributed by atoms with Crippen LogP contribution in [0, 0.1) is 0 Å². The summed E-state index contributed by atoms with van der Waals surface area (Å²) in [5.41, 5.74) is 3.37.